The Bertz CT molecular complexity index is 467. The molecule has 0 N–H and O–H groups in total. The Hall–Kier alpha value is -2.17. The van der Waals surface area contributed by atoms with Gasteiger partial charge in [0.25, 0.3) is 5.69 Å². The lowest BCUT2D eigenvalue weighted by atomic mass is 10.0. The predicted molar refractivity (Wildman–Crippen MR) is 55.7 cm³/mol. The van der Waals surface area contributed by atoms with Gasteiger partial charge in [-0.25, -0.2) is 0 Å². The molecule has 5 heteroatoms. The summed E-state index contributed by atoms with van der Waals surface area (Å²) in [4.78, 5) is 21.3. The maximum atomic E-state index is 11.2. The summed E-state index contributed by atoms with van der Waals surface area (Å²) in [6, 6.07) is 6.13. The number of ether oxygens (including phenoxy) is 1. The van der Waals surface area contributed by atoms with E-state index in [2.05, 4.69) is 0 Å². The minimum absolute atomic E-state index is 0.00287. The van der Waals surface area contributed by atoms with Crippen molar-refractivity contribution in [2.24, 2.45) is 0 Å². The van der Waals surface area contributed by atoms with Crippen molar-refractivity contribution in [2.45, 2.75) is 12.5 Å². The number of hydrogen-bond acceptors (Lipinski definition) is 4. The van der Waals surface area contributed by atoms with E-state index >= 15 is 0 Å². The van der Waals surface area contributed by atoms with Crippen molar-refractivity contribution in [1.82, 2.24) is 0 Å². The quantitative estimate of drug-likeness (QED) is 0.564. The third-order valence-corrected chi connectivity index (χ3v) is 2.34. The molecule has 0 spiro atoms. The van der Waals surface area contributed by atoms with E-state index in [4.69, 9.17) is 4.74 Å². The lowest BCUT2D eigenvalue weighted by molar-refractivity contribution is -0.385. The van der Waals surface area contributed by atoms with Crippen LogP contribution in [0.1, 0.15) is 18.1 Å². The summed E-state index contributed by atoms with van der Waals surface area (Å²) in [5, 5.41) is 10.6. The van der Waals surface area contributed by atoms with Crippen LogP contribution in [0.3, 0.4) is 0 Å². The van der Waals surface area contributed by atoms with E-state index in [-0.39, 0.29) is 17.9 Å². The van der Waals surface area contributed by atoms with Gasteiger partial charge in [0.2, 0.25) is 0 Å². The Morgan fingerprint density at radius 3 is 2.94 bits per heavy atom. The van der Waals surface area contributed by atoms with E-state index in [1.54, 1.807) is 12.1 Å². The largest absolute Gasteiger partial charge is 0.493 e. The van der Waals surface area contributed by atoms with Crippen LogP contribution in [0.15, 0.2) is 36.6 Å². The van der Waals surface area contributed by atoms with Gasteiger partial charge >= 0.3 is 0 Å². The van der Waals surface area contributed by atoms with Crippen molar-refractivity contribution in [3.8, 4) is 0 Å². The summed E-state index contributed by atoms with van der Waals surface area (Å²) in [5.41, 5.74) is 0.648. The van der Waals surface area contributed by atoms with Gasteiger partial charge in [-0.15, -0.1) is 0 Å². The van der Waals surface area contributed by atoms with Crippen LogP contribution in [-0.2, 0) is 9.53 Å². The van der Waals surface area contributed by atoms with Crippen LogP contribution < -0.4 is 0 Å². The monoisotopic (exact) mass is 219 g/mol. The first-order valence-electron chi connectivity index (χ1n) is 4.76. The van der Waals surface area contributed by atoms with Gasteiger partial charge in [0.05, 0.1) is 17.6 Å². The molecule has 1 aliphatic rings. The fraction of sp³-hybridized carbons (Fsp3) is 0.182. The number of carbonyl (C=O) groups excluding carboxylic acids is 1. The number of hydrogen-bond donors (Lipinski definition) is 0. The number of nitro groups is 1. The number of nitrogens with zero attached hydrogens (tertiary/aromatic N) is 1. The zero-order valence-corrected chi connectivity index (χ0v) is 8.33. The Labute approximate surface area is 91.5 Å². The first-order valence-corrected chi connectivity index (χ1v) is 4.76. The third-order valence-electron chi connectivity index (χ3n) is 2.34. The summed E-state index contributed by atoms with van der Waals surface area (Å²) < 4.78 is 5.25. The smallest absolute Gasteiger partial charge is 0.269 e. The summed E-state index contributed by atoms with van der Waals surface area (Å²) in [7, 11) is 0. The van der Waals surface area contributed by atoms with E-state index in [9.17, 15) is 14.9 Å². The molecule has 0 bridgehead atoms. The molecule has 0 aliphatic carbocycles. The van der Waals surface area contributed by atoms with E-state index in [0.29, 0.717) is 5.56 Å². The molecule has 5 nitrogen and oxygen atoms in total. The Morgan fingerprint density at radius 2 is 2.25 bits per heavy atom. The van der Waals surface area contributed by atoms with E-state index in [1.807, 2.05) is 0 Å². The molecule has 1 aromatic rings. The molecule has 0 amide bonds. The lowest BCUT2D eigenvalue weighted by Crippen LogP contribution is -2.11. The van der Waals surface area contributed by atoms with Crippen LogP contribution in [0.5, 0.6) is 0 Å². The van der Waals surface area contributed by atoms with Crippen LogP contribution >= 0.6 is 0 Å². The molecule has 82 valence electrons. The molecule has 1 unspecified atom stereocenters. The Morgan fingerprint density at radius 1 is 1.44 bits per heavy atom. The molecule has 0 saturated heterocycles. The van der Waals surface area contributed by atoms with Crippen LogP contribution in [0, 0.1) is 10.1 Å². The normalized spacial score (nSPS) is 19.2. The van der Waals surface area contributed by atoms with Gasteiger partial charge in [-0.3, -0.25) is 14.9 Å². The standard InChI is InChI=1S/C11H9NO4/c13-10-4-5-16-11(7-10)8-2-1-3-9(6-8)12(14)15/h1-6,11H,7H2. The van der Waals surface area contributed by atoms with Gasteiger partial charge < -0.3 is 4.74 Å². The summed E-state index contributed by atoms with van der Waals surface area (Å²) in [6.45, 7) is 0. The van der Waals surface area contributed by atoms with Crippen molar-refractivity contribution in [2.75, 3.05) is 0 Å². The molecule has 1 heterocycles. The number of allylic oxidation sites excluding steroid dienone is 1. The van der Waals surface area contributed by atoms with Gasteiger partial charge in [0.15, 0.2) is 5.78 Å². The zero-order valence-electron chi connectivity index (χ0n) is 8.33. The van der Waals surface area contributed by atoms with Gasteiger partial charge in [-0.05, 0) is 5.56 Å². The van der Waals surface area contributed by atoms with E-state index in [1.165, 1.54) is 24.5 Å². The zero-order chi connectivity index (χ0) is 11.5. The highest BCUT2D eigenvalue weighted by Gasteiger charge is 2.20. The predicted octanol–water partition coefficient (Wildman–Crippen LogP) is 2.14. The van der Waals surface area contributed by atoms with Crippen molar-refractivity contribution in [3.05, 3.63) is 52.3 Å². The third kappa shape index (κ3) is 2.08. The second kappa shape index (κ2) is 4.14. The second-order valence-corrected chi connectivity index (χ2v) is 3.45. The van der Waals surface area contributed by atoms with Crippen molar-refractivity contribution < 1.29 is 14.5 Å². The summed E-state index contributed by atoms with van der Waals surface area (Å²) in [5.74, 6) is -0.0391. The molecule has 2 rings (SSSR count). The van der Waals surface area contributed by atoms with Gasteiger partial charge in [-0.1, -0.05) is 12.1 Å². The number of nitro benzene ring substituents is 1. The second-order valence-electron chi connectivity index (χ2n) is 3.45. The topological polar surface area (TPSA) is 69.4 Å². The molecular weight excluding hydrogens is 210 g/mol. The van der Waals surface area contributed by atoms with Gasteiger partial charge in [0, 0.05) is 18.2 Å². The van der Waals surface area contributed by atoms with Crippen LogP contribution in [-0.4, -0.2) is 10.7 Å². The average molecular weight is 219 g/mol. The molecule has 0 fully saturated rings. The summed E-state index contributed by atoms with van der Waals surface area (Å²) >= 11 is 0. The highest BCUT2D eigenvalue weighted by molar-refractivity contribution is 5.90. The van der Waals surface area contributed by atoms with Crippen molar-refractivity contribution >= 4 is 11.5 Å². The molecule has 1 aliphatic heterocycles. The number of ketones is 1. The van der Waals surface area contributed by atoms with E-state index < -0.39 is 11.0 Å². The first kappa shape index (κ1) is 10.4. The van der Waals surface area contributed by atoms with Crippen molar-refractivity contribution in [3.63, 3.8) is 0 Å². The van der Waals surface area contributed by atoms with Crippen LogP contribution in [0.25, 0.3) is 0 Å². The number of non-ortho nitro benzene ring substituents is 1. The lowest BCUT2D eigenvalue weighted by Gasteiger charge is -2.18. The Balaban J connectivity index is 2.27. The number of rotatable bonds is 2. The fourth-order valence-electron chi connectivity index (χ4n) is 1.54. The highest BCUT2D eigenvalue weighted by Crippen LogP contribution is 2.27. The number of carbonyl (C=O) groups is 1. The first-order chi connectivity index (χ1) is 7.66. The average Bonchev–Trinajstić information content (AvgIpc) is 2.29. The fourth-order valence-corrected chi connectivity index (χ4v) is 1.54. The molecule has 16 heavy (non-hydrogen) atoms. The summed E-state index contributed by atoms with van der Waals surface area (Å²) in [6.07, 6.45) is 2.48. The molecule has 1 atom stereocenters. The molecular formula is C11H9NO4. The minimum Gasteiger partial charge on any atom is -0.493 e. The highest BCUT2D eigenvalue weighted by atomic mass is 16.6. The van der Waals surface area contributed by atoms with Gasteiger partial charge in [-0.2, -0.15) is 0 Å². The maximum Gasteiger partial charge on any atom is 0.269 e. The van der Waals surface area contributed by atoms with Crippen LogP contribution in [0.4, 0.5) is 5.69 Å². The van der Waals surface area contributed by atoms with Crippen molar-refractivity contribution in [1.29, 1.82) is 0 Å². The molecule has 0 aromatic heterocycles. The minimum atomic E-state index is -0.468. The van der Waals surface area contributed by atoms with E-state index in [0.717, 1.165) is 0 Å². The van der Waals surface area contributed by atoms with Gasteiger partial charge in [0.1, 0.15) is 6.10 Å². The Kier molecular flexibility index (Phi) is 2.68. The number of benzene rings is 1. The van der Waals surface area contributed by atoms with Crippen LogP contribution in [0.2, 0.25) is 0 Å². The SMILES string of the molecule is O=C1C=COC(c2cccc([N+](=O)[O-])c2)C1. The molecule has 0 saturated carbocycles. The molecule has 0 radical (unpaired) electrons. The maximum absolute atomic E-state index is 11.2. The molecule has 1 aromatic carbocycles.